The summed E-state index contributed by atoms with van der Waals surface area (Å²) in [6, 6.07) is 9.75. The minimum absolute atomic E-state index is 0.00457. The van der Waals surface area contributed by atoms with E-state index in [1.165, 1.54) is 6.26 Å². The maximum atomic E-state index is 12.5. The molecule has 2 aromatic rings. The van der Waals surface area contributed by atoms with E-state index in [2.05, 4.69) is 19.2 Å². The molecule has 0 radical (unpaired) electrons. The number of rotatable bonds is 9. The summed E-state index contributed by atoms with van der Waals surface area (Å²) in [4.78, 5) is 12.7. The molecule has 5 nitrogen and oxygen atoms in total. The third-order valence-corrected chi connectivity index (χ3v) is 5.88. The zero-order valence-electron chi connectivity index (χ0n) is 15.6. The molecular formula is C20H27NO4S. The van der Waals surface area contributed by atoms with E-state index in [1.807, 2.05) is 6.92 Å². The molecule has 0 fully saturated rings. The lowest BCUT2D eigenvalue weighted by molar-refractivity contribution is 0.0908. The van der Waals surface area contributed by atoms with Gasteiger partial charge in [-0.3, -0.25) is 4.79 Å². The summed E-state index contributed by atoms with van der Waals surface area (Å²) in [7, 11) is -3.53. The zero-order chi connectivity index (χ0) is 19.2. The number of carbonyl (C=O) groups excluding carboxylic acids is 1. The monoisotopic (exact) mass is 377 g/mol. The fourth-order valence-corrected chi connectivity index (χ4v) is 4.13. The largest absolute Gasteiger partial charge is 0.459 e. The molecule has 1 N–H and O–H groups in total. The van der Waals surface area contributed by atoms with Gasteiger partial charge in [0.05, 0.1) is 16.9 Å². The Morgan fingerprint density at radius 3 is 2.42 bits per heavy atom. The summed E-state index contributed by atoms with van der Waals surface area (Å²) >= 11 is 0. The highest BCUT2D eigenvalue weighted by Gasteiger charge is 2.23. The summed E-state index contributed by atoms with van der Waals surface area (Å²) < 4.78 is 30.3. The Balaban J connectivity index is 2.02. The molecular weight excluding hydrogens is 350 g/mol. The Hall–Kier alpha value is -2.08. The minimum atomic E-state index is -3.53. The minimum Gasteiger partial charge on any atom is -0.459 e. The van der Waals surface area contributed by atoms with Gasteiger partial charge in [0.1, 0.15) is 0 Å². The second-order valence-corrected chi connectivity index (χ2v) is 9.04. The van der Waals surface area contributed by atoms with Crippen molar-refractivity contribution in [3.05, 3.63) is 54.0 Å². The number of nitrogens with one attached hydrogen (secondary N) is 1. The van der Waals surface area contributed by atoms with Crippen LogP contribution in [0.1, 0.15) is 56.2 Å². The Labute approximate surface area is 155 Å². The average Bonchev–Trinajstić information content (AvgIpc) is 3.02. The Morgan fingerprint density at radius 1 is 1.08 bits per heavy atom. The standard InChI is InChI=1S/C20H27NO4S/c1-15(2)8-7-9-16(3)21-20(22)19-17(12-13-25-19)14-26(23,24)18-10-5-4-6-11-18/h4-6,10-13,15-16H,7-9,14H2,1-3H3,(H,21,22). The molecule has 1 aromatic carbocycles. The van der Waals surface area contributed by atoms with Crippen molar-refractivity contribution >= 4 is 15.7 Å². The van der Waals surface area contributed by atoms with Gasteiger partial charge in [-0.15, -0.1) is 0 Å². The van der Waals surface area contributed by atoms with Crippen molar-refractivity contribution in [3.63, 3.8) is 0 Å². The van der Waals surface area contributed by atoms with Crippen molar-refractivity contribution in [2.45, 2.75) is 56.7 Å². The Bertz CT molecular complexity index is 809. The molecule has 1 heterocycles. The number of hydrogen-bond acceptors (Lipinski definition) is 4. The first-order chi connectivity index (χ1) is 12.3. The molecule has 0 saturated heterocycles. The lowest BCUT2D eigenvalue weighted by Crippen LogP contribution is -2.33. The highest BCUT2D eigenvalue weighted by atomic mass is 32.2. The fraction of sp³-hybridized carbons (Fsp3) is 0.450. The highest BCUT2D eigenvalue weighted by molar-refractivity contribution is 7.90. The van der Waals surface area contributed by atoms with E-state index in [4.69, 9.17) is 4.42 Å². The lowest BCUT2D eigenvalue weighted by atomic mass is 10.0. The van der Waals surface area contributed by atoms with E-state index in [9.17, 15) is 13.2 Å². The molecule has 6 heteroatoms. The van der Waals surface area contributed by atoms with Crippen LogP contribution in [0.15, 0.2) is 52.0 Å². The molecule has 26 heavy (non-hydrogen) atoms. The second-order valence-electron chi connectivity index (χ2n) is 7.05. The predicted octanol–water partition coefficient (Wildman–Crippen LogP) is 4.20. The van der Waals surface area contributed by atoms with Gasteiger partial charge in [0.15, 0.2) is 15.6 Å². The smallest absolute Gasteiger partial charge is 0.287 e. The molecule has 1 unspecified atom stereocenters. The van der Waals surface area contributed by atoms with Crippen LogP contribution < -0.4 is 5.32 Å². The van der Waals surface area contributed by atoms with Crippen LogP contribution in [0.3, 0.4) is 0 Å². The van der Waals surface area contributed by atoms with Crippen molar-refractivity contribution < 1.29 is 17.6 Å². The van der Waals surface area contributed by atoms with Gasteiger partial charge in [-0.25, -0.2) is 8.42 Å². The van der Waals surface area contributed by atoms with Gasteiger partial charge in [0.25, 0.3) is 5.91 Å². The van der Waals surface area contributed by atoms with Gasteiger partial charge in [-0.05, 0) is 37.5 Å². The van der Waals surface area contributed by atoms with E-state index in [-0.39, 0.29) is 28.4 Å². The SMILES string of the molecule is CC(C)CCCC(C)NC(=O)c1occc1CS(=O)(=O)c1ccccc1. The van der Waals surface area contributed by atoms with Crippen molar-refractivity contribution in [2.75, 3.05) is 0 Å². The third-order valence-electron chi connectivity index (χ3n) is 4.20. The van der Waals surface area contributed by atoms with Gasteiger partial charge < -0.3 is 9.73 Å². The summed E-state index contributed by atoms with van der Waals surface area (Å²) in [5, 5.41) is 2.89. The third kappa shape index (κ3) is 5.73. The predicted molar refractivity (Wildman–Crippen MR) is 102 cm³/mol. The van der Waals surface area contributed by atoms with Crippen molar-refractivity contribution in [3.8, 4) is 0 Å². The number of sulfone groups is 1. The maximum Gasteiger partial charge on any atom is 0.287 e. The summed E-state index contributed by atoms with van der Waals surface area (Å²) in [5.74, 6) is 0.0705. The van der Waals surface area contributed by atoms with Crippen molar-refractivity contribution in [1.29, 1.82) is 0 Å². The summed E-state index contributed by atoms with van der Waals surface area (Å²) in [6.45, 7) is 6.29. The van der Waals surface area contributed by atoms with Crippen LogP contribution in [0.5, 0.6) is 0 Å². The molecule has 0 aliphatic heterocycles. The number of furan rings is 1. The molecule has 0 bridgehead atoms. The first-order valence-corrected chi connectivity index (χ1v) is 10.6. The average molecular weight is 378 g/mol. The molecule has 0 saturated carbocycles. The van der Waals surface area contributed by atoms with Crippen LogP contribution in [-0.4, -0.2) is 20.4 Å². The summed E-state index contributed by atoms with van der Waals surface area (Å²) in [5.41, 5.74) is 0.376. The molecule has 142 valence electrons. The van der Waals surface area contributed by atoms with Gasteiger partial charge >= 0.3 is 0 Å². The lowest BCUT2D eigenvalue weighted by Gasteiger charge is -2.14. The van der Waals surface area contributed by atoms with Crippen LogP contribution in [0.2, 0.25) is 0 Å². The summed E-state index contributed by atoms with van der Waals surface area (Å²) in [6.07, 6.45) is 4.38. The van der Waals surface area contributed by atoms with Gasteiger partial charge in [-0.1, -0.05) is 44.9 Å². The molecule has 0 aliphatic carbocycles. The second kappa shape index (κ2) is 9.03. The van der Waals surface area contributed by atoms with Crippen LogP contribution in [-0.2, 0) is 15.6 Å². The highest BCUT2D eigenvalue weighted by Crippen LogP contribution is 2.20. The number of amides is 1. The normalized spacial score (nSPS) is 12.9. The number of hydrogen-bond donors (Lipinski definition) is 1. The number of carbonyl (C=O) groups is 1. The first-order valence-electron chi connectivity index (χ1n) is 8.94. The molecule has 1 atom stereocenters. The van der Waals surface area contributed by atoms with E-state index >= 15 is 0 Å². The van der Waals surface area contributed by atoms with Gasteiger partial charge in [0.2, 0.25) is 0 Å². The van der Waals surface area contributed by atoms with Gasteiger partial charge in [0, 0.05) is 11.6 Å². The first kappa shape index (κ1) is 20.2. The zero-order valence-corrected chi connectivity index (χ0v) is 16.4. The molecule has 2 rings (SSSR count). The van der Waals surface area contributed by atoms with Crippen molar-refractivity contribution in [1.82, 2.24) is 5.32 Å². The van der Waals surface area contributed by atoms with E-state index < -0.39 is 9.84 Å². The fourth-order valence-electron chi connectivity index (χ4n) is 2.76. The molecule has 0 aliphatic rings. The maximum absolute atomic E-state index is 12.5. The number of benzene rings is 1. The Kier molecular flexibility index (Phi) is 7.03. The molecule has 0 spiro atoms. The topological polar surface area (TPSA) is 76.4 Å². The van der Waals surface area contributed by atoms with Crippen molar-refractivity contribution in [2.24, 2.45) is 5.92 Å². The van der Waals surface area contributed by atoms with E-state index in [0.29, 0.717) is 11.5 Å². The van der Waals surface area contributed by atoms with Crippen LogP contribution in [0, 0.1) is 5.92 Å². The quantitative estimate of drug-likeness (QED) is 0.710. The van der Waals surface area contributed by atoms with E-state index in [1.54, 1.807) is 36.4 Å². The van der Waals surface area contributed by atoms with Crippen LogP contribution in [0.25, 0.3) is 0 Å². The molecule has 1 amide bonds. The van der Waals surface area contributed by atoms with E-state index in [0.717, 1.165) is 19.3 Å². The molecule has 1 aromatic heterocycles. The van der Waals surface area contributed by atoms with Crippen LogP contribution in [0.4, 0.5) is 0 Å². The van der Waals surface area contributed by atoms with Gasteiger partial charge in [-0.2, -0.15) is 0 Å². The Morgan fingerprint density at radius 2 is 1.77 bits per heavy atom. The van der Waals surface area contributed by atoms with Crippen LogP contribution >= 0.6 is 0 Å².